The summed E-state index contributed by atoms with van der Waals surface area (Å²) >= 11 is 0. The summed E-state index contributed by atoms with van der Waals surface area (Å²) in [5, 5.41) is 3.38. The number of benzene rings is 1. The molecule has 1 unspecified atom stereocenters. The van der Waals surface area contributed by atoms with Gasteiger partial charge in [0.05, 0.1) is 13.2 Å². The third-order valence-electron chi connectivity index (χ3n) is 3.24. The third kappa shape index (κ3) is 1.56. The van der Waals surface area contributed by atoms with Gasteiger partial charge in [-0.05, 0) is 25.0 Å². The Kier molecular flexibility index (Phi) is 2.31. The molecular formula is C13H16N2O. The highest BCUT2D eigenvalue weighted by Crippen LogP contribution is 2.35. The van der Waals surface area contributed by atoms with Crippen LogP contribution in [0, 0.1) is 6.92 Å². The van der Waals surface area contributed by atoms with E-state index >= 15 is 0 Å². The van der Waals surface area contributed by atoms with Gasteiger partial charge in [0.25, 0.3) is 0 Å². The van der Waals surface area contributed by atoms with Crippen LogP contribution in [0.2, 0.25) is 0 Å². The molecule has 0 saturated carbocycles. The van der Waals surface area contributed by atoms with Crippen molar-refractivity contribution in [2.24, 2.45) is 4.99 Å². The molecule has 0 aromatic heterocycles. The normalized spacial score (nSPS) is 23.1. The van der Waals surface area contributed by atoms with Crippen molar-refractivity contribution in [3.8, 4) is 5.75 Å². The topological polar surface area (TPSA) is 33.6 Å². The lowest BCUT2D eigenvalue weighted by molar-refractivity contribution is 0.281. The second-order valence-electron chi connectivity index (χ2n) is 4.42. The summed E-state index contributed by atoms with van der Waals surface area (Å²) in [6.07, 6.45) is 1.03. The zero-order valence-electron chi connectivity index (χ0n) is 9.49. The van der Waals surface area contributed by atoms with Crippen molar-refractivity contribution in [3.63, 3.8) is 0 Å². The summed E-state index contributed by atoms with van der Waals surface area (Å²) in [6, 6.07) is 6.45. The summed E-state index contributed by atoms with van der Waals surface area (Å²) < 4.78 is 5.71. The highest BCUT2D eigenvalue weighted by atomic mass is 16.5. The summed E-state index contributed by atoms with van der Waals surface area (Å²) in [7, 11) is 0. The number of hydrogen-bond donors (Lipinski definition) is 1. The lowest BCUT2D eigenvalue weighted by Crippen LogP contribution is -2.29. The number of ether oxygens (including phenoxy) is 1. The summed E-state index contributed by atoms with van der Waals surface area (Å²) in [5.41, 5.74) is 2.53. The predicted octanol–water partition coefficient (Wildman–Crippen LogP) is 1.86. The molecule has 0 bridgehead atoms. The Morgan fingerprint density at radius 3 is 3.19 bits per heavy atom. The summed E-state index contributed by atoms with van der Waals surface area (Å²) in [4.78, 5) is 4.53. The van der Waals surface area contributed by atoms with Gasteiger partial charge < -0.3 is 10.1 Å². The lowest BCUT2D eigenvalue weighted by Gasteiger charge is -2.26. The van der Waals surface area contributed by atoms with Crippen LogP contribution in [-0.2, 0) is 0 Å². The van der Waals surface area contributed by atoms with E-state index in [1.165, 1.54) is 11.1 Å². The van der Waals surface area contributed by atoms with E-state index in [1.807, 2.05) is 0 Å². The number of aryl methyl sites for hydroxylation is 1. The first kappa shape index (κ1) is 9.70. The van der Waals surface area contributed by atoms with E-state index in [2.05, 4.69) is 35.4 Å². The van der Waals surface area contributed by atoms with Crippen LogP contribution in [0.3, 0.4) is 0 Å². The molecule has 1 aromatic rings. The molecule has 3 heteroatoms. The molecule has 0 radical (unpaired) electrons. The SMILES string of the molecule is Cc1ccc2c(c1)OCCC2C1=NCCN1. The van der Waals surface area contributed by atoms with Gasteiger partial charge in [0.1, 0.15) is 11.6 Å². The first-order chi connectivity index (χ1) is 7.84. The predicted molar refractivity (Wildman–Crippen MR) is 64.3 cm³/mol. The van der Waals surface area contributed by atoms with Crippen molar-refractivity contribution in [1.29, 1.82) is 0 Å². The van der Waals surface area contributed by atoms with Crippen LogP contribution in [0.5, 0.6) is 5.75 Å². The van der Waals surface area contributed by atoms with E-state index in [0.29, 0.717) is 5.92 Å². The Bertz CT molecular complexity index is 440. The van der Waals surface area contributed by atoms with E-state index in [0.717, 1.165) is 37.7 Å². The largest absolute Gasteiger partial charge is 0.493 e. The van der Waals surface area contributed by atoms with E-state index in [4.69, 9.17) is 4.74 Å². The maximum absolute atomic E-state index is 5.71. The number of hydrogen-bond acceptors (Lipinski definition) is 3. The fraction of sp³-hybridized carbons (Fsp3) is 0.462. The van der Waals surface area contributed by atoms with Crippen molar-refractivity contribution in [2.45, 2.75) is 19.3 Å². The number of aliphatic imine (C=N–C) groups is 1. The second-order valence-corrected chi connectivity index (χ2v) is 4.42. The quantitative estimate of drug-likeness (QED) is 0.777. The smallest absolute Gasteiger partial charge is 0.123 e. The van der Waals surface area contributed by atoms with Crippen LogP contribution in [0.25, 0.3) is 0 Å². The van der Waals surface area contributed by atoms with Crippen LogP contribution in [0.15, 0.2) is 23.2 Å². The van der Waals surface area contributed by atoms with E-state index in [-0.39, 0.29) is 0 Å². The van der Waals surface area contributed by atoms with Gasteiger partial charge in [0.2, 0.25) is 0 Å². The van der Waals surface area contributed by atoms with Crippen molar-refractivity contribution in [3.05, 3.63) is 29.3 Å². The molecule has 2 aliphatic rings. The van der Waals surface area contributed by atoms with Crippen molar-refractivity contribution in [2.75, 3.05) is 19.7 Å². The average Bonchev–Trinajstić information content (AvgIpc) is 2.81. The van der Waals surface area contributed by atoms with Gasteiger partial charge in [-0.25, -0.2) is 0 Å². The van der Waals surface area contributed by atoms with Crippen LogP contribution < -0.4 is 10.1 Å². The van der Waals surface area contributed by atoms with Crippen LogP contribution in [-0.4, -0.2) is 25.5 Å². The molecular weight excluding hydrogens is 200 g/mol. The maximum atomic E-state index is 5.71. The lowest BCUT2D eigenvalue weighted by atomic mass is 9.91. The molecule has 0 fully saturated rings. The number of nitrogens with one attached hydrogen (secondary N) is 1. The summed E-state index contributed by atoms with van der Waals surface area (Å²) in [5.74, 6) is 2.59. The van der Waals surface area contributed by atoms with E-state index in [1.54, 1.807) is 0 Å². The van der Waals surface area contributed by atoms with Crippen molar-refractivity contribution >= 4 is 5.84 Å². The van der Waals surface area contributed by atoms with Gasteiger partial charge in [-0.2, -0.15) is 0 Å². The molecule has 16 heavy (non-hydrogen) atoms. The number of fused-ring (bicyclic) bond motifs is 1. The van der Waals surface area contributed by atoms with Gasteiger partial charge in [-0.3, -0.25) is 4.99 Å². The second kappa shape index (κ2) is 3.81. The molecule has 2 heterocycles. The van der Waals surface area contributed by atoms with Gasteiger partial charge in [-0.15, -0.1) is 0 Å². The Morgan fingerprint density at radius 1 is 1.44 bits per heavy atom. The van der Waals surface area contributed by atoms with Crippen molar-refractivity contribution in [1.82, 2.24) is 5.32 Å². The standard InChI is InChI=1S/C13H16N2O/c1-9-2-3-10-11(13-14-5-6-15-13)4-7-16-12(10)8-9/h2-3,8,11H,4-7H2,1H3,(H,14,15). The molecule has 1 atom stereocenters. The van der Waals surface area contributed by atoms with Gasteiger partial charge >= 0.3 is 0 Å². The molecule has 1 N–H and O–H groups in total. The van der Waals surface area contributed by atoms with Gasteiger partial charge in [-0.1, -0.05) is 12.1 Å². The molecule has 3 rings (SSSR count). The van der Waals surface area contributed by atoms with Crippen molar-refractivity contribution < 1.29 is 4.74 Å². The minimum Gasteiger partial charge on any atom is -0.493 e. The Balaban J connectivity index is 1.99. The number of amidine groups is 1. The van der Waals surface area contributed by atoms with Crippen LogP contribution in [0.1, 0.15) is 23.5 Å². The first-order valence-electron chi connectivity index (χ1n) is 5.86. The fourth-order valence-electron chi connectivity index (χ4n) is 2.43. The molecule has 0 aliphatic carbocycles. The molecule has 0 amide bonds. The fourth-order valence-corrected chi connectivity index (χ4v) is 2.43. The van der Waals surface area contributed by atoms with Crippen LogP contribution >= 0.6 is 0 Å². The average molecular weight is 216 g/mol. The minimum atomic E-state index is 0.409. The molecule has 2 aliphatic heterocycles. The molecule has 1 aromatic carbocycles. The van der Waals surface area contributed by atoms with Gasteiger partial charge in [0.15, 0.2) is 0 Å². The molecule has 3 nitrogen and oxygen atoms in total. The molecule has 0 saturated heterocycles. The Morgan fingerprint density at radius 2 is 2.38 bits per heavy atom. The molecule has 84 valence electrons. The number of nitrogens with zero attached hydrogens (tertiary/aromatic N) is 1. The van der Waals surface area contributed by atoms with Gasteiger partial charge in [0, 0.05) is 18.0 Å². The highest BCUT2D eigenvalue weighted by molar-refractivity contribution is 5.91. The third-order valence-corrected chi connectivity index (χ3v) is 3.24. The maximum Gasteiger partial charge on any atom is 0.123 e. The molecule has 0 spiro atoms. The minimum absolute atomic E-state index is 0.409. The van der Waals surface area contributed by atoms with E-state index < -0.39 is 0 Å². The zero-order valence-corrected chi connectivity index (χ0v) is 9.49. The Hall–Kier alpha value is -1.51. The first-order valence-corrected chi connectivity index (χ1v) is 5.86. The Labute approximate surface area is 95.5 Å². The highest BCUT2D eigenvalue weighted by Gasteiger charge is 2.27. The number of rotatable bonds is 1. The van der Waals surface area contributed by atoms with Crippen LogP contribution in [0.4, 0.5) is 0 Å². The summed E-state index contributed by atoms with van der Waals surface area (Å²) in [6.45, 7) is 4.78. The monoisotopic (exact) mass is 216 g/mol. The van der Waals surface area contributed by atoms with E-state index in [9.17, 15) is 0 Å². The zero-order chi connectivity index (χ0) is 11.0.